The first-order valence-electron chi connectivity index (χ1n) is 5.78. The molecule has 0 unspecified atom stereocenters. The first kappa shape index (κ1) is 12.5. The molecule has 0 amide bonds. The van der Waals surface area contributed by atoms with Crippen molar-refractivity contribution in [2.45, 2.75) is 13.5 Å². The van der Waals surface area contributed by atoms with E-state index >= 15 is 0 Å². The van der Waals surface area contributed by atoms with Crippen LogP contribution in [0.2, 0.25) is 0 Å². The Labute approximate surface area is 117 Å². The number of thiophene rings is 1. The highest BCUT2D eigenvalue weighted by Crippen LogP contribution is 2.25. The molecule has 0 aliphatic carbocycles. The first-order valence-corrected chi connectivity index (χ1v) is 6.66. The molecular weight excluding hydrogens is 280 g/mol. The summed E-state index contributed by atoms with van der Waals surface area (Å²) in [6.07, 6.45) is 0. The van der Waals surface area contributed by atoms with E-state index in [1.807, 2.05) is 23.6 Å². The van der Waals surface area contributed by atoms with Gasteiger partial charge in [0, 0.05) is 6.07 Å². The second-order valence-electron chi connectivity index (χ2n) is 4.15. The van der Waals surface area contributed by atoms with E-state index in [-0.39, 0.29) is 5.69 Å². The minimum atomic E-state index is -1.09. The molecule has 20 heavy (non-hydrogen) atoms. The molecule has 0 aliphatic heterocycles. The van der Waals surface area contributed by atoms with Crippen LogP contribution in [0, 0.1) is 6.92 Å². The smallest absolute Gasteiger partial charge is 0.358 e. The quantitative estimate of drug-likeness (QED) is 0.790. The Balaban J connectivity index is 1.84. The minimum Gasteiger partial charge on any atom is -0.476 e. The summed E-state index contributed by atoms with van der Waals surface area (Å²) in [5.41, 5.74) is 1.10. The number of hydrogen-bond donors (Lipinski definition) is 1. The second kappa shape index (κ2) is 4.89. The van der Waals surface area contributed by atoms with Crippen LogP contribution in [0.4, 0.5) is 0 Å². The second-order valence-corrected chi connectivity index (χ2v) is 5.09. The van der Waals surface area contributed by atoms with Gasteiger partial charge >= 0.3 is 5.97 Å². The zero-order valence-electron chi connectivity index (χ0n) is 10.5. The maximum Gasteiger partial charge on any atom is 0.358 e. The molecule has 0 saturated heterocycles. The largest absolute Gasteiger partial charge is 0.476 e. The predicted molar refractivity (Wildman–Crippen MR) is 70.6 cm³/mol. The number of carboxylic acids is 1. The van der Waals surface area contributed by atoms with Crippen LogP contribution in [0.15, 0.2) is 28.1 Å². The Morgan fingerprint density at radius 2 is 2.40 bits per heavy atom. The Morgan fingerprint density at radius 3 is 3.05 bits per heavy atom. The number of nitrogens with zero attached hydrogens (tertiary/aromatic N) is 4. The van der Waals surface area contributed by atoms with Gasteiger partial charge in [-0.25, -0.2) is 9.48 Å². The van der Waals surface area contributed by atoms with Gasteiger partial charge in [-0.15, -0.1) is 16.4 Å². The van der Waals surface area contributed by atoms with Gasteiger partial charge in [0.05, 0.1) is 17.1 Å². The van der Waals surface area contributed by atoms with E-state index in [0.717, 1.165) is 4.88 Å². The predicted octanol–water partition coefficient (Wildman–Crippen LogP) is 2.05. The zero-order chi connectivity index (χ0) is 14.1. The molecule has 3 heterocycles. The summed E-state index contributed by atoms with van der Waals surface area (Å²) >= 11 is 1.56. The van der Waals surface area contributed by atoms with Crippen molar-refractivity contribution in [3.8, 4) is 10.6 Å². The van der Waals surface area contributed by atoms with Crippen molar-refractivity contribution in [3.63, 3.8) is 0 Å². The topological polar surface area (TPSA) is 94.0 Å². The lowest BCUT2D eigenvalue weighted by molar-refractivity contribution is 0.0689. The Kier molecular flexibility index (Phi) is 3.07. The number of aromatic carboxylic acids is 1. The first-order chi connectivity index (χ1) is 9.65. The molecule has 3 rings (SSSR count). The molecule has 0 spiro atoms. The SMILES string of the molecule is Cc1c(C(=O)O)nnn1Cc1cc(-c2cccs2)on1. The van der Waals surface area contributed by atoms with Gasteiger partial charge in [0.2, 0.25) is 0 Å². The maximum atomic E-state index is 10.9. The third-order valence-electron chi connectivity index (χ3n) is 2.82. The van der Waals surface area contributed by atoms with Crippen molar-refractivity contribution in [1.82, 2.24) is 20.2 Å². The van der Waals surface area contributed by atoms with Crippen LogP contribution in [-0.2, 0) is 6.54 Å². The Hall–Kier alpha value is -2.48. The number of carbonyl (C=O) groups is 1. The fraction of sp³-hybridized carbons (Fsp3) is 0.167. The summed E-state index contributed by atoms with van der Waals surface area (Å²) < 4.78 is 6.74. The van der Waals surface area contributed by atoms with Crippen LogP contribution in [0.1, 0.15) is 21.9 Å². The van der Waals surface area contributed by atoms with E-state index in [1.165, 1.54) is 4.68 Å². The van der Waals surface area contributed by atoms with Crippen LogP contribution in [0.5, 0.6) is 0 Å². The minimum absolute atomic E-state index is 0.0491. The standard InChI is InChI=1S/C12H10N4O3S/c1-7-11(12(17)18)13-15-16(7)6-8-5-9(19-14-8)10-3-2-4-20-10/h2-5H,6H2,1H3,(H,17,18). The molecule has 102 valence electrons. The van der Waals surface area contributed by atoms with Gasteiger partial charge in [0.15, 0.2) is 11.5 Å². The average molecular weight is 290 g/mol. The highest BCUT2D eigenvalue weighted by atomic mass is 32.1. The molecule has 0 fully saturated rings. The van der Waals surface area contributed by atoms with E-state index in [4.69, 9.17) is 9.63 Å². The van der Waals surface area contributed by atoms with Crippen molar-refractivity contribution >= 4 is 17.3 Å². The molecule has 0 saturated carbocycles. The van der Waals surface area contributed by atoms with Crippen molar-refractivity contribution in [3.05, 3.63) is 40.7 Å². The molecule has 1 N–H and O–H groups in total. The highest BCUT2D eigenvalue weighted by Gasteiger charge is 2.16. The van der Waals surface area contributed by atoms with Crippen molar-refractivity contribution in [1.29, 1.82) is 0 Å². The fourth-order valence-corrected chi connectivity index (χ4v) is 2.46. The van der Waals surface area contributed by atoms with Crippen molar-refractivity contribution in [2.24, 2.45) is 0 Å². The third kappa shape index (κ3) is 2.21. The molecular formula is C12H10N4O3S. The van der Waals surface area contributed by atoms with Gasteiger partial charge < -0.3 is 9.63 Å². The Morgan fingerprint density at radius 1 is 1.55 bits per heavy atom. The van der Waals surface area contributed by atoms with Crippen LogP contribution in [-0.4, -0.2) is 31.2 Å². The van der Waals surface area contributed by atoms with E-state index in [2.05, 4.69) is 15.5 Å². The third-order valence-corrected chi connectivity index (χ3v) is 3.70. The fourth-order valence-electron chi connectivity index (χ4n) is 1.78. The number of carboxylic acid groups (broad SMARTS) is 1. The molecule has 0 bridgehead atoms. The molecule has 3 aromatic rings. The van der Waals surface area contributed by atoms with E-state index in [9.17, 15) is 4.79 Å². The maximum absolute atomic E-state index is 10.9. The summed E-state index contributed by atoms with van der Waals surface area (Å²) in [5.74, 6) is -0.403. The average Bonchev–Trinajstić information content (AvgIpc) is 3.12. The van der Waals surface area contributed by atoms with E-state index in [1.54, 1.807) is 18.3 Å². The summed E-state index contributed by atoms with van der Waals surface area (Å²) in [7, 11) is 0. The van der Waals surface area contributed by atoms with Gasteiger partial charge in [-0.05, 0) is 18.4 Å². The molecule has 7 nitrogen and oxygen atoms in total. The van der Waals surface area contributed by atoms with Crippen LogP contribution >= 0.6 is 11.3 Å². The van der Waals surface area contributed by atoms with Gasteiger partial charge in [-0.1, -0.05) is 16.4 Å². The lowest BCUT2D eigenvalue weighted by Gasteiger charge is -1.98. The van der Waals surface area contributed by atoms with Crippen LogP contribution in [0.25, 0.3) is 10.6 Å². The Bertz CT molecular complexity index is 745. The summed E-state index contributed by atoms with van der Waals surface area (Å²) in [5, 5.41) is 22.3. The molecule has 0 radical (unpaired) electrons. The number of hydrogen-bond acceptors (Lipinski definition) is 6. The summed E-state index contributed by atoms with van der Waals surface area (Å²) in [6.45, 7) is 1.98. The van der Waals surface area contributed by atoms with Crippen LogP contribution < -0.4 is 0 Å². The molecule has 0 atom stereocenters. The highest BCUT2D eigenvalue weighted by molar-refractivity contribution is 7.13. The molecule has 3 aromatic heterocycles. The van der Waals surface area contributed by atoms with Crippen LogP contribution in [0.3, 0.4) is 0 Å². The lowest BCUT2D eigenvalue weighted by atomic mass is 10.3. The number of rotatable bonds is 4. The van der Waals surface area contributed by atoms with Crippen molar-refractivity contribution < 1.29 is 14.4 Å². The normalized spacial score (nSPS) is 10.8. The van der Waals surface area contributed by atoms with Gasteiger partial charge in [-0.2, -0.15) is 0 Å². The zero-order valence-corrected chi connectivity index (χ0v) is 11.3. The van der Waals surface area contributed by atoms with Gasteiger partial charge in [0.1, 0.15) is 5.69 Å². The monoisotopic (exact) mass is 290 g/mol. The van der Waals surface area contributed by atoms with Gasteiger partial charge in [-0.3, -0.25) is 0 Å². The molecule has 0 aromatic carbocycles. The summed E-state index contributed by atoms with van der Waals surface area (Å²) in [6, 6.07) is 5.69. The lowest BCUT2D eigenvalue weighted by Crippen LogP contribution is -2.06. The molecule has 0 aliphatic rings. The van der Waals surface area contributed by atoms with Gasteiger partial charge in [0.25, 0.3) is 0 Å². The number of aromatic nitrogens is 4. The summed E-state index contributed by atoms with van der Waals surface area (Å²) in [4.78, 5) is 11.9. The van der Waals surface area contributed by atoms with Crippen molar-refractivity contribution in [2.75, 3.05) is 0 Å². The van der Waals surface area contributed by atoms with E-state index < -0.39 is 5.97 Å². The van der Waals surface area contributed by atoms with E-state index in [0.29, 0.717) is 23.7 Å². The molecule has 8 heteroatoms.